The SMILES string of the molecule is CCCCCCCCCC=CC=CC=CC=CC=CC(=O)O.[Cu]. The van der Waals surface area contributed by atoms with Crippen LogP contribution < -0.4 is 0 Å². The van der Waals surface area contributed by atoms with Crippen molar-refractivity contribution in [3.8, 4) is 0 Å². The number of aliphatic carboxylic acids is 1. The second-order valence-electron chi connectivity index (χ2n) is 5.19. The maximum absolute atomic E-state index is 10.2. The summed E-state index contributed by atoms with van der Waals surface area (Å²) in [6.07, 6.45) is 28.8. The van der Waals surface area contributed by atoms with Crippen molar-refractivity contribution in [1.82, 2.24) is 0 Å². The minimum absolute atomic E-state index is 0. The second kappa shape index (κ2) is 20.7. The first-order valence-electron chi connectivity index (χ1n) is 8.33. The smallest absolute Gasteiger partial charge is 0.328 e. The molecule has 0 bridgehead atoms. The van der Waals surface area contributed by atoms with Crippen LogP contribution in [0, 0.1) is 0 Å². The Kier molecular flexibility index (Phi) is 21.5. The molecular formula is C20H30CuO2. The van der Waals surface area contributed by atoms with Crippen LogP contribution >= 0.6 is 0 Å². The first-order chi connectivity index (χ1) is 10.8. The molecule has 0 heterocycles. The van der Waals surface area contributed by atoms with Crippen molar-refractivity contribution in [3.05, 3.63) is 60.8 Å². The van der Waals surface area contributed by atoms with Crippen molar-refractivity contribution >= 4 is 5.97 Å². The van der Waals surface area contributed by atoms with Gasteiger partial charge in [0, 0.05) is 23.1 Å². The van der Waals surface area contributed by atoms with E-state index in [4.69, 9.17) is 5.11 Å². The number of hydrogen-bond acceptors (Lipinski definition) is 1. The van der Waals surface area contributed by atoms with Crippen LogP contribution in [-0.4, -0.2) is 11.1 Å². The van der Waals surface area contributed by atoms with E-state index in [0.717, 1.165) is 12.5 Å². The molecule has 0 aromatic heterocycles. The monoisotopic (exact) mass is 365 g/mol. The third kappa shape index (κ3) is 23.1. The normalized spacial score (nSPS) is 12.2. The van der Waals surface area contributed by atoms with E-state index in [-0.39, 0.29) is 17.1 Å². The summed E-state index contributed by atoms with van der Waals surface area (Å²) in [4.78, 5) is 10.2. The average Bonchev–Trinajstić information content (AvgIpc) is 2.50. The van der Waals surface area contributed by atoms with Crippen LogP contribution in [0.5, 0.6) is 0 Å². The fourth-order valence-electron chi connectivity index (χ4n) is 1.92. The first-order valence-corrected chi connectivity index (χ1v) is 8.33. The Morgan fingerprint density at radius 1 is 0.739 bits per heavy atom. The molecule has 1 radical (unpaired) electrons. The minimum atomic E-state index is -0.931. The molecule has 0 unspecified atom stereocenters. The van der Waals surface area contributed by atoms with Gasteiger partial charge in [0.1, 0.15) is 0 Å². The zero-order chi connectivity index (χ0) is 16.3. The first kappa shape index (κ1) is 23.9. The van der Waals surface area contributed by atoms with Crippen molar-refractivity contribution in [2.45, 2.75) is 58.3 Å². The van der Waals surface area contributed by atoms with Gasteiger partial charge in [-0.15, -0.1) is 0 Å². The van der Waals surface area contributed by atoms with E-state index in [1.165, 1.54) is 51.0 Å². The molecule has 0 atom stereocenters. The Morgan fingerprint density at radius 2 is 1.22 bits per heavy atom. The predicted molar refractivity (Wildman–Crippen MR) is 95.9 cm³/mol. The van der Waals surface area contributed by atoms with Crippen molar-refractivity contribution in [2.24, 2.45) is 0 Å². The molecule has 3 heteroatoms. The van der Waals surface area contributed by atoms with Crippen LogP contribution in [0.2, 0.25) is 0 Å². The fraction of sp³-hybridized carbons (Fsp3) is 0.450. The van der Waals surface area contributed by atoms with Crippen LogP contribution in [0.15, 0.2) is 60.8 Å². The molecule has 0 aromatic rings. The topological polar surface area (TPSA) is 37.3 Å². The van der Waals surface area contributed by atoms with Crippen LogP contribution in [-0.2, 0) is 21.9 Å². The maximum atomic E-state index is 10.2. The molecule has 0 aliphatic heterocycles. The van der Waals surface area contributed by atoms with Crippen LogP contribution in [0.4, 0.5) is 0 Å². The third-order valence-electron chi connectivity index (χ3n) is 3.13. The molecule has 0 spiro atoms. The fourth-order valence-corrected chi connectivity index (χ4v) is 1.92. The van der Waals surface area contributed by atoms with E-state index in [1.807, 2.05) is 24.3 Å². The summed E-state index contributed by atoms with van der Waals surface area (Å²) in [5.41, 5.74) is 0. The van der Waals surface area contributed by atoms with Crippen molar-refractivity contribution in [3.63, 3.8) is 0 Å². The van der Waals surface area contributed by atoms with Crippen molar-refractivity contribution < 1.29 is 27.0 Å². The summed E-state index contributed by atoms with van der Waals surface area (Å²) in [6, 6.07) is 0. The van der Waals surface area contributed by atoms with Gasteiger partial charge in [0.2, 0.25) is 0 Å². The number of allylic oxidation sites excluding steroid dienone is 9. The molecule has 0 saturated heterocycles. The molecular weight excluding hydrogens is 336 g/mol. The second-order valence-corrected chi connectivity index (χ2v) is 5.19. The maximum Gasteiger partial charge on any atom is 0.328 e. The number of carbonyl (C=O) groups is 1. The van der Waals surface area contributed by atoms with E-state index in [9.17, 15) is 4.79 Å². The molecule has 2 nitrogen and oxygen atoms in total. The van der Waals surface area contributed by atoms with E-state index in [2.05, 4.69) is 19.1 Å². The van der Waals surface area contributed by atoms with Crippen LogP contribution in [0.3, 0.4) is 0 Å². The van der Waals surface area contributed by atoms with Gasteiger partial charge >= 0.3 is 5.97 Å². The predicted octanol–water partition coefficient (Wildman–Crippen LogP) is 5.99. The number of hydrogen-bond donors (Lipinski definition) is 1. The standard InChI is InChI=1S/C20H30O2.Cu/c1-2-3-4-5-6-7-8-9-10-11-12-13-14-15-16-17-18-19-20(21)22;/h10-19H,2-9H2,1H3,(H,21,22);. The minimum Gasteiger partial charge on any atom is -0.478 e. The van der Waals surface area contributed by atoms with Gasteiger partial charge in [-0.05, 0) is 12.8 Å². The zero-order valence-electron chi connectivity index (χ0n) is 14.1. The number of rotatable bonds is 13. The molecule has 1 N–H and O–H groups in total. The third-order valence-corrected chi connectivity index (χ3v) is 3.13. The Morgan fingerprint density at radius 3 is 1.78 bits per heavy atom. The van der Waals surface area contributed by atoms with E-state index >= 15 is 0 Å². The number of carboxylic acid groups (broad SMARTS) is 1. The molecule has 0 aromatic carbocycles. The van der Waals surface area contributed by atoms with Gasteiger partial charge in [-0.25, -0.2) is 4.79 Å². The van der Waals surface area contributed by atoms with Crippen molar-refractivity contribution in [2.75, 3.05) is 0 Å². The summed E-state index contributed by atoms with van der Waals surface area (Å²) in [5.74, 6) is -0.931. The summed E-state index contributed by atoms with van der Waals surface area (Å²) >= 11 is 0. The molecule has 0 rings (SSSR count). The van der Waals surface area contributed by atoms with Gasteiger partial charge in [-0.3, -0.25) is 0 Å². The Bertz CT molecular complexity index is 404. The molecule has 133 valence electrons. The summed E-state index contributed by atoms with van der Waals surface area (Å²) in [6.45, 7) is 2.25. The Balaban J connectivity index is 0. The van der Waals surface area contributed by atoms with E-state index < -0.39 is 5.97 Å². The molecule has 0 aliphatic carbocycles. The van der Waals surface area contributed by atoms with Gasteiger partial charge in [0.25, 0.3) is 0 Å². The molecule has 0 saturated carbocycles. The Labute approximate surface area is 152 Å². The van der Waals surface area contributed by atoms with Gasteiger partial charge in [0.05, 0.1) is 0 Å². The van der Waals surface area contributed by atoms with E-state index in [1.54, 1.807) is 12.2 Å². The van der Waals surface area contributed by atoms with Gasteiger partial charge in [-0.1, -0.05) is 100 Å². The summed E-state index contributed by atoms with van der Waals surface area (Å²) < 4.78 is 0. The van der Waals surface area contributed by atoms with Crippen LogP contribution in [0.1, 0.15) is 58.3 Å². The van der Waals surface area contributed by atoms with Gasteiger partial charge in [0.15, 0.2) is 0 Å². The van der Waals surface area contributed by atoms with E-state index in [0.29, 0.717) is 0 Å². The largest absolute Gasteiger partial charge is 0.478 e. The Hall–Kier alpha value is -1.31. The summed E-state index contributed by atoms with van der Waals surface area (Å²) in [7, 11) is 0. The van der Waals surface area contributed by atoms with Crippen molar-refractivity contribution in [1.29, 1.82) is 0 Å². The van der Waals surface area contributed by atoms with Gasteiger partial charge in [-0.2, -0.15) is 0 Å². The van der Waals surface area contributed by atoms with Crippen LogP contribution in [0.25, 0.3) is 0 Å². The quantitative estimate of drug-likeness (QED) is 0.188. The molecule has 0 aliphatic rings. The van der Waals surface area contributed by atoms with Gasteiger partial charge < -0.3 is 5.11 Å². The molecule has 0 fully saturated rings. The zero-order valence-corrected chi connectivity index (χ0v) is 15.0. The average molecular weight is 366 g/mol. The number of carboxylic acids is 1. The summed E-state index contributed by atoms with van der Waals surface area (Å²) in [5, 5.41) is 8.38. The molecule has 0 amide bonds. The molecule has 23 heavy (non-hydrogen) atoms. The number of unbranched alkanes of at least 4 members (excludes halogenated alkanes) is 7.